The second-order valence-corrected chi connectivity index (χ2v) is 7.38. The third-order valence-corrected chi connectivity index (χ3v) is 4.79. The van der Waals surface area contributed by atoms with Crippen molar-refractivity contribution in [2.75, 3.05) is 13.6 Å². The first-order valence-corrected chi connectivity index (χ1v) is 9.01. The van der Waals surface area contributed by atoms with E-state index in [2.05, 4.69) is 24.3 Å². The van der Waals surface area contributed by atoms with Gasteiger partial charge < -0.3 is 14.6 Å². The second kappa shape index (κ2) is 7.44. The summed E-state index contributed by atoms with van der Waals surface area (Å²) in [6.07, 6.45) is 4.55. The van der Waals surface area contributed by atoms with E-state index in [4.69, 9.17) is 4.42 Å². The van der Waals surface area contributed by atoms with Crippen LogP contribution in [0.5, 0.6) is 0 Å². The smallest absolute Gasteiger partial charge is 0.274 e. The number of amides is 1. The van der Waals surface area contributed by atoms with E-state index in [1.807, 2.05) is 23.9 Å². The van der Waals surface area contributed by atoms with E-state index in [0.29, 0.717) is 24.2 Å². The van der Waals surface area contributed by atoms with E-state index in [1.54, 1.807) is 18.2 Å². The zero-order valence-corrected chi connectivity index (χ0v) is 15.6. The van der Waals surface area contributed by atoms with Gasteiger partial charge in [-0.15, -0.1) is 0 Å². The molecule has 1 N–H and O–H groups in total. The van der Waals surface area contributed by atoms with Crippen molar-refractivity contribution in [1.82, 2.24) is 20.0 Å². The molecule has 25 heavy (non-hydrogen) atoms. The number of carbonyl (C=O) groups is 1. The molecule has 0 spiro atoms. The van der Waals surface area contributed by atoms with Gasteiger partial charge in [-0.1, -0.05) is 13.8 Å². The van der Waals surface area contributed by atoms with Gasteiger partial charge >= 0.3 is 0 Å². The third-order valence-electron chi connectivity index (χ3n) is 4.79. The van der Waals surface area contributed by atoms with Gasteiger partial charge in [0.25, 0.3) is 5.91 Å². The van der Waals surface area contributed by atoms with E-state index in [9.17, 15) is 4.79 Å². The molecule has 0 bridgehead atoms. The average Bonchev–Trinajstić information content (AvgIpc) is 3.20. The van der Waals surface area contributed by atoms with Crippen molar-refractivity contribution in [2.45, 2.75) is 45.7 Å². The highest BCUT2D eigenvalue weighted by Crippen LogP contribution is 2.25. The first kappa shape index (κ1) is 17.7. The van der Waals surface area contributed by atoms with Gasteiger partial charge in [-0.2, -0.15) is 5.10 Å². The van der Waals surface area contributed by atoms with Gasteiger partial charge in [-0.05, 0) is 43.9 Å². The number of aryl methyl sites for hydroxylation is 1. The number of nitrogens with zero attached hydrogens (tertiary/aromatic N) is 3. The summed E-state index contributed by atoms with van der Waals surface area (Å²) in [5.41, 5.74) is 2.88. The molecular formula is C19H28N4O2. The normalized spacial score (nSPS) is 16.9. The van der Waals surface area contributed by atoms with Gasteiger partial charge in [0.1, 0.15) is 5.76 Å². The number of nitrogens with one attached hydrogen (secondary N) is 1. The highest BCUT2D eigenvalue weighted by Gasteiger charge is 2.29. The zero-order chi connectivity index (χ0) is 18.0. The number of aromatic nitrogens is 2. The van der Waals surface area contributed by atoms with E-state index in [1.165, 1.54) is 5.69 Å². The largest absolute Gasteiger partial charge is 0.467 e. The molecule has 6 nitrogen and oxygen atoms in total. The summed E-state index contributed by atoms with van der Waals surface area (Å²) in [4.78, 5) is 14.6. The maximum atomic E-state index is 12.9. The lowest BCUT2D eigenvalue weighted by molar-refractivity contribution is 0.0767. The molecule has 2 aromatic rings. The van der Waals surface area contributed by atoms with E-state index in [-0.39, 0.29) is 5.91 Å². The van der Waals surface area contributed by atoms with E-state index < -0.39 is 0 Å². The molecule has 1 aliphatic carbocycles. The number of rotatable bonds is 6. The Balaban J connectivity index is 1.75. The second-order valence-electron chi connectivity index (χ2n) is 7.38. The maximum absolute atomic E-state index is 12.9. The van der Waals surface area contributed by atoms with Crippen molar-refractivity contribution < 1.29 is 9.21 Å². The lowest BCUT2D eigenvalue weighted by Gasteiger charge is -2.25. The summed E-state index contributed by atoms with van der Waals surface area (Å²) in [7, 11) is 3.73. The van der Waals surface area contributed by atoms with Crippen LogP contribution in [0.15, 0.2) is 22.8 Å². The van der Waals surface area contributed by atoms with E-state index in [0.717, 1.165) is 37.1 Å². The minimum Gasteiger partial charge on any atom is -0.467 e. The molecule has 0 aliphatic heterocycles. The van der Waals surface area contributed by atoms with Crippen molar-refractivity contribution in [2.24, 2.45) is 13.0 Å². The van der Waals surface area contributed by atoms with Crippen LogP contribution in [0, 0.1) is 5.92 Å². The van der Waals surface area contributed by atoms with Crippen LogP contribution in [0.1, 0.15) is 47.8 Å². The van der Waals surface area contributed by atoms with Crippen molar-refractivity contribution in [3.63, 3.8) is 0 Å². The topological polar surface area (TPSA) is 63.3 Å². The van der Waals surface area contributed by atoms with Crippen LogP contribution in [-0.4, -0.2) is 40.2 Å². The van der Waals surface area contributed by atoms with Crippen molar-refractivity contribution in [3.05, 3.63) is 41.1 Å². The minimum absolute atomic E-state index is 0.0437. The molecule has 2 heterocycles. The molecule has 136 valence electrons. The number of fused-ring (bicyclic) bond motifs is 1. The molecule has 0 fully saturated rings. The molecule has 0 unspecified atom stereocenters. The Morgan fingerprint density at radius 2 is 2.32 bits per heavy atom. The molecule has 1 aliphatic rings. The van der Waals surface area contributed by atoms with Gasteiger partial charge in [0.2, 0.25) is 0 Å². The molecule has 0 saturated carbocycles. The number of hydrogen-bond acceptors (Lipinski definition) is 4. The lowest BCUT2D eigenvalue weighted by Crippen LogP contribution is -2.37. The van der Waals surface area contributed by atoms with Crippen LogP contribution in [0.4, 0.5) is 0 Å². The lowest BCUT2D eigenvalue weighted by atomic mass is 9.91. The summed E-state index contributed by atoms with van der Waals surface area (Å²) in [5.74, 6) is 1.35. The van der Waals surface area contributed by atoms with Crippen LogP contribution in [0.25, 0.3) is 0 Å². The van der Waals surface area contributed by atoms with Gasteiger partial charge in [0.15, 0.2) is 5.69 Å². The Hall–Kier alpha value is -2.08. The summed E-state index contributed by atoms with van der Waals surface area (Å²) < 4.78 is 7.23. The fourth-order valence-electron chi connectivity index (χ4n) is 3.43. The first-order valence-electron chi connectivity index (χ1n) is 9.01. The van der Waals surface area contributed by atoms with Crippen LogP contribution in [0.2, 0.25) is 0 Å². The highest BCUT2D eigenvalue weighted by molar-refractivity contribution is 5.94. The summed E-state index contributed by atoms with van der Waals surface area (Å²) >= 11 is 0. The van der Waals surface area contributed by atoms with Crippen molar-refractivity contribution in [3.8, 4) is 0 Å². The van der Waals surface area contributed by atoms with Crippen LogP contribution >= 0.6 is 0 Å². The van der Waals surface area contributed by atoms with E-state index >= 15 is 0 Å². The Bertz CT molecular complexity index is 718. The summed E-state index contributed by atoms with van der Waals surface area (Å²) in [5, 5.41) is 8.17. The molecule has 0 aromatic carbocycles. The Morgan fingerprint density at radius 1 is 1.52 bits per heavy atom. The van der Waals surface area contributed by atoms with Gasteiger partial charge in [-0.3, -0.25) is 9.48 Å². The van der Waals surface area contributed by atoms with Gasteiger partial charge in [0.05, 0.1) is 12.8 Å². The molecule has 1 atom stereocenters. The zero-order valence-electron chi connectivity index (χ0n) is 15.6. The molecule has 6 heteroatoms. The molecule has 0 radical (unpaired) electrons. The molecule has 3 rings (SSSR count). The van der Waals surface area contributed by atoms with Crippen LogP contribution in [0.3, 0.4) is 0 Å². The van der Waals surface area contributed by atoms with Crippen molar-refractivity contribution >= 4 is 5.91 Å². The highest BCUT2D eigenvalue weighted by atomic mass is 16.3. The Morgan fingerprint density at radius 3 is 3.00 bits per heavy atom. The van der Waals surface area contributed by atoms with Crippen LogP contribution in [-0.2, 0) is 26.4 Å². The SMILES string of the molecule is CC(C)CN[C@@H]1CCc2c(c(C(=O)N(C)Cc3ccco3)nn2C)C1. The molecular weight excluding hydrogens is 316 g/mol. The Labute approximate surface area is 149 Å². The monoisotopic (exact) mass is 344 g/mol. The quantitative estimate of drug-likeness (QED) is 0.874. The molecule has 2 aromatic heterocycles. The third kappa shape index (κ3) is 3.95. The Kier molecular flexibility index (Phi) is 5.27. The van der Waals surface area contributed by atoms with Crippen molar-refractivity contribution in [1.29, 1.82) is 0 Å². The number of furan rings is 1. The van der Waals surface area contributed by atoms with Gasteiger partial charge in [-0.25, -0.2) is 0 Å². The van der Waals surface area contributed by atoms with Gasteiger partial charge in [0, 0.05) is 31.4 Å². The summed E-state index contributed by atoms with van der Waals surface area (Å²) in [6, 6.07) is 4.13. The predicted octanol–water partition coefficient (Wildman–Crippen LogP) is 2.39. The number of carbonyl (C=O) groups excluding carboxylic acids is 1. The fourth-order valence-corrected chi connectivity index (χ4v) is 3.43. The average molecular weight is 344 g/mol. The number of hydrogen-bond donors (Lipinski definition) is 1. The molecule has 1 amide bonds. The molecule has 0 saturated heterocycles. The standard InChI is InChI=1S/C19H28N4O2/c1-13(2)11-20-14-7-8-17-16(10-14)18(21-23(17)4)19(24)22(3)12-15-6-5-9-25-15/h5-6,9,13-14,20H,7-8,10-12H2,1-4H3/t14-/m1/s1. The first-order chi connectivity index (χ1) is 12.0. The predicted molar refractivity (Wildman–Crippen MR) is 96.4 cm³/mol. The minimum atomic E-state index is -0.0437. The van der Waals surface area contributed by atoms with Crippen LogP contribution < -0.4 is 5.32 Å². The maximum Gasteiger partial charge on any atom is 0.274 e. The summed E-state index contributed by atoms with van der Waals surface area (Å²) in [6.45, 7) is 5.88. The fraction of sp³-hybridized carbons (Fsp3) is 0.579.